The van der Waals surface area contributed by atoms with E-state index in [1.54, 1.807) is 0 Å². The van der Waals surface area contributed by atoms with Crippen LogP contribution in [-0.4, -0.2) is 63.1 Å². The first kappa shape index (κ1) is 20.6. The fourth-order valence-electron chi connectivity index (χ4n) is 2.82. The maximum absolute atomic E-state index is 12.6. The molecule has 26 heavy (non-hydrogen) atoms. The number of alkyl halides is 2. The number of aliphatic imine (C=N–C) groups is 1. The van der Waals surface area contributed by atoms with E-state index in [9.17, 15) is 17.2 Å². The van der Waals surface area contributed by atoms with Crippen molar-refractivity contribution in [2.75, 3.05) is 33.7 Å². The van der Waals surface area contributed by atoms with Gasteiger partial charge >= 0.3 is 5.76 Å². The average molecular weight is 388 g/mol. The van der Waals surface area contributed by atoms with Gasteiger partial charge in [0.2, 0.25) is 0 Å². The van der Waals surface area contributed by atoms with Crippen molar-refractivity contribution in [2.45, 2.75) is 25.1 Å². The molecule has 0 radical (unpaired) electrons. The zero-order valence-electron chi connectivity index (χ0n) is 15.1. The van der Waals surface area contributed by atoms with E-state index in [1.807, 2.05) is 49.3 Å². The van der Waals surface area contributed by atoms with Gasteiger partial charge in [-0.2, -0.15) is 13.1 Å². The maximum atomic E-state index is 12.6. The third-order valence-electron chi connectivity index (χ3n) is 4.39. The van der Waals surface area contributed by atoms with E-state index in [1.165, 1.54) is 0 Å². The third-order valence-corrected chi connectivity index (χ3v) is 5.92. The second-order valence-corrected chi connectivity index (χ2v) is 8.45. The number of hydrogen-bond donors (Lipinski definition) is 1. The molecule has 0 aromatic heterocycles. The molecule has 0 aliphatic carbocycles. The quantitative estimate of drug-likeness (QED) is 0.598. The maximum Gasteiger partial charge on any atom is 0.350 e. The van der Waals surface area contributed by atoms with E-state index < -0.39 is 15.8 Å². The molecule has 0 unspecified atom stereocenters. The molecule has 1 aliphatic heterocycles. The van der Waals surface area contributed by atoms with Gasteiger partial charge in [-0.3, -0.25) is 0 Å². The Balaban J connectivity index is 1.85. The van der Waals surface area contributed by atoms with Crippen LogP contribution in [0.1, 0.15) is 18.4 Å². The summed E-state index contributed by atoms with van der Waals surface area (Å²) in [6, 6.07) is 9.91. The molecule has 9 heteroatoms. The van der Waals surface area contributed by atoms with E-state index in [4.69, 9.17) is 0 Å². The standard InChI is InChI=1S/C17H26F2N4O2S/c1-22(2)17(20-12-14-6-4-3-5-7-14)21-13-15-8-10-23(11-9-15)26(24,25)16(18)19/h3-7,15-16H,8-13H2,1-2H3,(H,20,21). The molecule has 1 N–H and O–H groups in total. The van der Waals surface area contributed by atoms with Crippen LogP contribution in [0.4, 0.5) is 8.78 Å². The summed E-state index contributed by atoms with van der Waals surface area (Å²) in [6.45, 7) is 1.47. The lowest BCUT2D eigenvalue weighted by Crippen LogP contribution is -2.45. The summed E-state index contributed by atoms with van der Waals surface area (Å²) >= 11 is 0. The van der Waals surface area contributed by atoms with Gasteiger partial charge in [-0.25, -0.2) is 13.4 Å². The fraction of sp³-hybridized carbons (Fsp3) is 0.588. The first-order valence-corrected chi connectivity index (χ1v) is 10.1. The second kappa shape index (κ2) is 9.27. The van der Waals surface area contributed by atoms with E-state index in [2.05, 4.69) is 10.3 Å². The highest BCUT2D eigenvalue weighted by atomic mass is 32.2. The van der Waals surface area contributed by atoms with Crippen LogP contribution in [0.3, 0.4) is 0 Å². The molecule has 1 aromatic carbocycles. The van der Waals surface area contributed by atoms with Gasteiger partial charge in [0.25, 0.3) is 10.0 Å². The SMILES string of the molecule is CN(C)C(=NCc1ccccc1)NCC1CCN(S(=O)(=O)C(F)F)CC1. The molecule has 1 fully saturated rings. The summed E-state index contributed by atoms with van der Waals surface area (Å²) in [5.74, 6) is -2.37. The summed E-state index contributed by atoms with van der Waals surface area (Å²) in [5, 5.41) is 3.30. The number of rotatable bonds is 6. The summed E-state index contributed by atoms with van der Waals surface area (Å²) < 4.78 is 49.1. The highest BCUT2D eigenvalue weighted by molar-refractivity contribution is 7.89. The summed E-state index contributed by atoms with van der Waals surface area (Å²) in [7, 11) is -0.665. The van der Waals surface area contributed by atoms with Crippen LogP contribution in [0, 0.1) is 5.92 Å². The lowest BCUT2D eigenvalue weighted by Gasteiger charge is -2.31. The predicted octanol–water partition coefficient (Wildman–Crippen LogP) is 1.96. The molecule has 0 saturated carbocycles. The van der Waals surface area contributed by atoms with Gasteiger partial charge in [0.1, 0.15) is 0 Å². The van der Waals surface area contributed by atoms with Gasteiger partial charge in [0.15, 0.2) is 5.96 Å². The van der Waals surface area contributed by atoms with Gasteiger partial charge in [0, 0.05) is 33.7 Å². The lowest BCUT2D eigenvalue weighted by atomic mass is 9.98. The smallest absolute Gasteiger partial charge is 0.350 e. The summed E-state index contributed by atoms with van der Waals surface area (Å²) in [4.78, 5) is 6.47. The Hall–Kier alpha value is -1.74. The monoisotopic (exact) mass is 388 g/mol. The van der Waals surface area contributed by atoms with Crippen molar-refractivity contribution >= 4 is 16.0 Å². The Morgan fingerprint density at radius 2 is 1.88 bits per heavy atom. The van der Waals surface area contributed by atoms with Crippen LogP contribution in [0.25, 0.3) is 0 Å². The van der Waals surface area contributed by atoms with Crippen molar-refractivity contribution in [2.24, 2.45) is 10.9 Å². The first-order chi connectivity index (χ1) is 12.3. The molecular weight excluding hydrogens is 362 g/mol. The van der Waals surface area contributed by atoms with Crippen molar-refractivity contribution in [1.82, 2.24) is 14.5 Å². The number of sulfonamides is 1. The average Bonchev–Trinajstić information content (AvgIpc) is 2.62. The Bertz CT molecular complexity index is 688. The topological polar surface area (TPSA) is 65.0 Å². The third kappa shape index (κ3) is 5.63. The molecule has 146 valence electrons. The fourth-order valence-corrected chi connectivity index (χ4v) is 3.77. The molecule has 6 nitrogen and oxygen atoms in total. The van der Waals surface area contributed by atoms with Crippen LogP contribution in [0.2, 0.25) is 0 Å². The molecule has 0 amide bonds. The van der Waals surface area contributed by atoms with Crippen LogP contribution in [-0.2, 0) is 16.6 Å². The molecule has 0 atom stereocenters. The molecule has 0 spiro atoms. The normalized spacial score (nSPS) is 17.5. The second-order valence-electron chi connectivity index (χ2n) is 6.55. The Morgan fingerprint density at radius 1 is 1.27 bits per heavy atom. The minimum absolute atomic E-state index is 0.136. The molecule has 1 heterocycles. The van der Waals surface area contributed by atoms with Crippen molar-refractivity contribution in [3.05, 3.63) is 35.9 Å². The van der Waals surface area contributed by atoms with E-state index >= 15 is 0 Å². The minimum Gasteiger partial charge on any atom is -0.356 e. The van der Waals surface area contributed by atoms with Gasteiger partial charge in [-0.1, -0.05) is 30.3 Å². The van der Waals surface area contributed by atoms with Crippen LogP contribution in [0.15, 0.2) is 35.3 Å². The lowest BCUT2D eigenvalue weighted by molar-refractivity contribution is 0.204. The number of hydrogen-bond acceptors (Lipinski definition) is 3. The Morgan fingerprint density at radius 3 is 2.42 bits per heavy atom. The van der Waals surface area contributed by atoms with Gasteiger partial charge in [-0.15, -0.1) is 0 Å². The van der Waals surface area contributed by atoms with Gasteiger partial charge in [0.05, 0.1) is 6.54 Å². The minimum atomic E-state index is -4.46. The first-order valence-electron chi connectivity index (χ1n) is 8.57. The van der Waals surface area contributed by atoms with E-state index in [-0.39, 0.29) is 19.0 Å². The number of halogens is 2. The summed E-state index contributed by atoms with van der Waals surface area (Å²) in [5.41, 5.74) is 1.11. The largest absolute Gasteiger partial charge is 0.356 e. The van der Waals surface area contributed by atoms with Crippen molar-refractivity contribution < 1.29 is 17.2 Å². The number of guanidine groups is 1. The molecular formula is C17H26F2N4O2S. The van der Waals surface area contributed by atoms with Crippen LogP contribution >= 0.6 is 0 Å². The van der Waals surface area contributed by atoms with Crippen molar-refractivity contribution in [1.29, 1.82) is 0 Å². The molecule has 1 aromatic rings. The van der Waals surface area contributed by atoms with Crippen LogP contribution in [0.5, 0.6) is 0 Å². The molecule has 0 bridgehead atoms. The summed E-state index contributed by atoms with van der Waals surface area (Å²) in [6.07, 6.45) is 1.11. The number of nitrogens with one attached hydrogen (secondary N) is 1. The zero-order chi connectivity index (χ0) is 19.2. The van der Waals surface area contributed by atoms with E-state index in [0.29, 0.717) is 25.9 Å². The van der Waals surface area contributed by atoms with Gasteiger partial charge in [-0.05, 0) is 24.3 Å². The van der Waals surface area contributed by atoms with Crippen LogP contribution < -0.4 is 5.32 Å². The molecule has 1 saturated heterocycles. The van der Waals surface area contributed by atoms with E-state index in [0.717, 1.165) is 15.8 Å². The predicted molar refractivity (Wildman–Crippen MR) is 98.5 cm³/mol. The van der Waals surface area contributed by atoms with Crippen molar-refractivity contribution in [3.8, 4) is 0 Å². The Kier molecular flexibility index (Phi) is 7.33. The molecule has 2 rings (SSSR count). The number of nitrogens with zero attached hydrogens (tertiary/aromatic N) is 3. The highest BCUT2D eigenvalue weighted by Gasteiger charge is 2.34. The number of benzene rings is 1. The Labute approximate surface area is 153 Å². The highest BCUT2D eigenvalue weighted by Crippen LogP contribution is 2.22. The van der Waals surface area contributed by atoms with Crippen molar-refractivity contribution in [3.63, 3.8) is 0 Å². The van der Waals surface area contributed by atoms with Gasteiger partial charge < -0.3 is 10.2 Å². The molecule has 1 aliphatic rings. The zero-order valence-corrected chi connectivity index (χ0v) is 15.9. The number of piperidine rings is 1.